The summed E-state index contributed by atoms with van der Waals surface area (Å²) in [5.74, 6) is -1.10. The normalized spacial score (nSPS) is 10.7. The van der Waals surface area contributed by atoms with Crippen LogP contribution >= 0.6 is 0 Å². The Morgan fingerprint density at radius 3 is 2.57 bits per heavy atom. The van der Waals surface area contributed by atoms with Crippen LogP contribution in [0.15, 0.2) is 54.6 Å². The molecule has 4 nitrogen and oxygen atoms in total. The third kappa shape index (κ3) is 5.11. The van der Waals surface area contributed by atoms with Gasteiger partial charge in [-0.15, -0.1) is 0 Å². The number of carboxylic acid groups (broad SMARTS) is 1. The van der Waals surface area contributed by atoms with E-state index in [9.17, 15) is 9.59 Å². The zero-order valence-corrected chi connectivity index (χ0v) is 13.0. The molecule has 0 atom stereocenters. The van der Waals surface area contributed by atoms with Crippen LogP contribution in [0.1, 0.15) is 27.0 Å². The maximum Gasteiger partial charge on any atom is 0.335 e. The van der Waals surface area contributed by atoms with Gasteiger partial charge in [0.2, 0.25) is 5.91 Å². The van der Waals surface area contributed by atoms with Gasteiger partial charge in [-0.2, -0.15) is 0 Å². The summed E-state index contributed by atoms with van der Waals surface area (Å²) in [6, 6.07) is 14.9. The SMILES string of the molecule is Cc1ccc(CCNC(=O)/C=C/c2ccccc2)cc1C(=O)O. The molecule has 0 aromatic heterocycles. The van der Waals surface area contributed by atoms with Gasteiger partial charge in [0.05, 0.1) is 5.56 Å². The number of nitrogens with one attached hydrogen (secondary N) is 1. The van der Waals surface area contributed by atoms with Crippen LogP contribution < -0.4 is 5.32 Å². The summed E-state index contributed by atoms with van der Waals surface area (Å²) in [5, 5.41) is 11.9. The number of aryl methyl sites for hydroxylation is 1. The van der Waals surface area contributed by atoms with E-state index in [1.54, 1.807) is 25.1 Å². The van der Waals surface area contributed by atoms with Gasteiger partial charge in [0.15, 0.2) is 0 Å². The fourth-order valence-corrected chi connectivity index (χ4v) is 2.18. The molecule has 0 fully saturated rings. The molecule has 2 N–H and O–H groups in total. The minimum Gasteiger partial charge on any atom is -0.478 e. The molecule has 0 bridgehead atoms. The van der Waals surface area contributed by atoms with E-state index in [-0.39, 0.29) is 5.91 Å². The minimum atomic E-state index is -0.931. The van der Waals surface area contributed by atoms with Crippen molar-refractivity contribution >= 4 is 18.0 Å². The fourth-order valence-electron chi connectivity index (χ4n) is 2.18. The van der Waals surface area contributed by atoms with Crippen molar-refractivity contribution in [3.63, 3.8) is 0 Å². The first kappa shape index (κ1) is 16.5. The van der Waals surface area contributed by atoms with Gasteiger partial charge in [0, 0.05) is 12.6 Å². The number of hydrogen-bond donors (Lipinski definition) is 2. The molecule has 0 aliphatic heterocycles. The predicted molar refractivity (Wildman–Crippen MR) is 90.3 cm³/mol. The standard InChI is InChI=1S/C19H19NO3/c1-14-7-8-16(13-17(14)19(22)23)11-12-20-18(21)10-9-15-5-3-2-4-6-15/h2-10,13H,11-12H2,1H3,(H,20,21)(H,22,23)/b10-9+. The summed E-state index contributed by atoms with van der Waals surface area (Å²) in [4.78, 5) is 22.8. The van der Waals surface area contributed by atoms with Crippen molar-refractivity contribution in [3.8, 4) is 0 Å². The van der Waals surface area contributed by atoms with E-state index in [0.29, 0.717) is 18.5 Å². The lowest BCUT2D eigenvalue weighted by atomic mass is 10.0. The van der Waals surface area contributed by atoms with E-state index in [4.69, 9.17) is 5.11 Å². The molecule has 118 valence electrons. The second-order valence-electron chi connectivity index (χ2n) is 5.24. The average molecular weight is 309 g/mol. The first-order valence-electron chi connectivity index (χ1n) is 7.40. The Labute approximate surface area is 135 Å². The van der Waals surface area contributed by atoms with Crippen molar-refractivity contribution in [1.82, 2.24) is 5.32 Å². The lowest BCUT2D eigenvalue weighted by molar-refractivity contribution is -0.116. The van der Waals surface area contributed by atoms with Crippen LogP contribution in [0.25, 0.3) is 6.08 Å². The maximum atomic E-state index is 11.7. The molecule has 2 aromatic carbocycles. The Morgan fingerprint density at radius 2 is 1.87 bits per heavy atom. The Bertz CT molecular complexity index is 721. The monoisotopic (exact) mass is 309 g/mol. The van der Waals surface area contributed by atoms with Crippen molar-refractivity contribution in [2.24, 2.45) is 0 Å². The summed E-state index contributed by atoms with van der Waals surface area (Å²) < 4.78 is 0. The first-order chi connectivity index (χ1) is 11.1. The molecule has 2 rings (SSSR count). The fraction of sp³-hybridized carbons (Fsp3) is 0.158. The van der Waals surface area contributed by atoms with Crippen molar-refractivity contribution in [3.05, 3.63) is 76.9 Å². The summed E-state index contributed by atoms with van der Waals surface area (Å²) in [6.07, 6.45) is 3.84. The molecule has 0 aliphatic rings. The van der Waals surface area contributed by atoms with Crippen molar-refractivity contribution < 1.29 is 14.7 Å². The molecular formula is C19H19NO3. The molecule has 0 radical (unpaired) electrons. The van der Waals surface area contributed by atoms with Gasteiger partial charge in [-0.05, 0) is 42.2 Å². The molecule has 1 amide bonds. The number of amides is 1. The van der Waals surface area contributed by atoms with E-state index in [1.165, 1.54) is 6.08 Å². The summed E-state index contributed by atoms with van der Waals surface area (Å²) in [7, 11) is 0. The highest BCUT2D eigenvalue weighted by molar-refractivity contribution is 5.91. The minimum absolute atomic E-state index is 0.167. The molecule has 0 unspecified atom stereocenters. The van der Waals surface area contributed by atoms with Crippen LogP contribution in [0.5, 0.6) is 0 Å². The number of carboxylic acids is 1. The molecule has 0 spiro atoms. The van der Waals surface area contributed by atoms with Crippen molar-refractivity contribution in [1.29, 1.82) is 0 Å². The molecule has 4 heteroatoms. The topological polar surface area (TPSA) is 66.4 Å². The van der Waals surface area contributed by atoms with E-state index >= 15 is 0 Å². The molecule has 2 aromatic rings. The zero-order valence-electron chi connectivity index (χ0n) is 13.0. The number of carbonyl (C=O) groups is 2. The summed E-state index contributed by atoms with van der Waals surface area (Å²) >= 11 is 0. The van der Waals surface area contributed by atoms with E-state index in [2.05, 4.69) is 5.32 Å². The lowest BCUT2D eigenvalue weighted by Crippen LogP contribution is -2.23. The smallest absolute Gasteiger partial charge is 0.335 e. The van der Waals surface area contributed by atoms with E-state index < -0.39 is 5.97 Å². The van der Waals surface area contributed by atoms with Crippen LogP contribution in [0.4, 0.5) is 0 Å². The van der Waals surface area contributed by atoms with Gasteiger partial charge in [0.1, 0.15) is 0 Å². The molecule has 23 heavy (non-hydrogen) atoms. The quantitative estimate of drug-likeness (QED) is 0.806. The van der Waals surface area contributed by atoms with Crippen LogP contribution in [0, 0.1) is 6.92 Å². The number of hydrogen-bond acceptors (Lipinski definition) is 2. The average Bonchev–Trinajstić information content (AvgIpc) is 2.55. The van der Waals surface area contributed by atoms with Crippen molar-refractivity contribution in [2.45, 2.75) is 13.3 Å². The van der Waals surface area contributed by atoms with E-state index in [0.717, 1.165) is 16.7 Å². The Morgan fingerprint density at radius 1 is 1.13 bits per heavy atom. The number of carbonyl (C=O) groups excluding carboxylic acids is 1. The second kappa shape index (κ2) is 7.94. The molecular weight excluding hydrogens is 290 g/mol. The highest BCUT2D eigenvalue weighted by atomic mass is 16.4. The molecule has 0 aliphatic carbocycles. The predicted octanol–water partition coefficient (Wildman–Crippen LogP) is 3.07. The van der Waals surface area contributed by atoms with Crippen molar-refractivity contribution in [2.75, 3.05) is 6.54 Å². The largest absolute Gasteiger partial charge is 0.478 e. The maximum absolute atomic E-state index is 11.7. The number of aromatic carboxylic acids is 1. The zero-order chi connectivity index (χ0) is 16.7. The Hall–Kier alpha value is -2.88. The van der Waals surface area contributed by atoms with Crippen LogP contribution in [-0.4, -0.2) is 23.5 Å². The van der Waals surface area contributed by atoms with Gasteiger partial charge in [-0.1, -0.05) is 42.5 Å². The van der Waals surface area contributed by atoms with Gasteiger partial charge in [-0.3, -0.25) is 4.79 Å². The molecule has 0 heterocycles. The van der Waals surface area contributed by atoms with Crippen LogP contribution in [0.2, 0.25) is 0 Å². The third-order valence-corrected chi connectivity index (χ3v) is 3.47. The van der Waals surface area contributed by atoms with E-state index in [1.807, 2.05) is 36.4 Å². The van der Waals surface area contributed by atoms with Crippen LogP contribution in [0.3, 0.4) is 0 Å². The lowest BCUT2D eigenvalue weighted by Gasteiger charge is -2.06. The number of benzene rings is 2. The molecule has 0 saturated carbocycles. The van der Waals surface area contributed by atoms with Gasteiger partial charge >= 0.3 is 5.97 Å². The first-order valence-corrected chi connectivity index (χ1v) is 7.40. The second-order valence-corrected chi connectivity index (χ2v) is 5.24. The highest BCUT2D eigenvalue weighted by Crippen LogP contribution is 2.11. The number of rotatable bonds is 6. The highest BCUT2D eigenvalue weighted by Gasteiger charge is 2.07. The van der Waals surface area contributed by atoms with Gasteiger partial charge in [0.25, 0.3) is 0 Å². The third-order valence-electron chi connectivity index (χ3n) is 3.47. The molecule has 0 saturated heterocycles. The van der Waals surface area contributed by atoms with Crippen LogP contribution in [-0.2, 0) is 11.2 Å². The van der Waals surface area contributed by atoms with Gasteiger partial charge < -0.3 is 10.4 Å². The Balaban J connectivity index is 1.85. The summed E-state index contributed by atoms with van der Waals surface area (Å²) in [5.41, 5.74) is 2.89. The summed E-state index contributed by atoms with van der Waals surface area (Å²) in [6.45, 7) is 2.23. The van der Waals surface area contributed by atoms with Gasteiger partial charge in [-0.25, -0.2) is 4.79 Å². The Kier molecular flexibility index (Phi) is 5.69.